The number of hydrogen-bond donors (Lipinski definition) is 2. The summed E-state index contributed by atoms with van der Waals surface area (Å²) in [7, 11) is 0. The Hall–Kier alpha value is -2.34. The molecule has 12 heteroatoms. The maximum atomic E-state index is 14.0. The van der Waals surface area contributed by atoms with Crippen molar-refractivity contribution in [2.45, 2.75) is 155 Å². The van der Waals surface area contributed by atoms with Crippen LogP contribution in [0.3, 0.4) is 0 Å². The molecule has 0 heterocycles. The number of aliphatic hydroxyl groups is 2. The van der Waals surface area contributed by atoms with Crippen LogP contribution in [0.25, 0.3) is 0 Å². The number of alkyl halides is 6. The highest BCUT2D eigenvalue weighted by Crippen LogP contribution is 2.71. The molecule has 14 atom stereocenters. The standard InChI is InChI=1S/2C22H29F3O3/c2*1-12(26)21(28)9-6-16-14-11-18(22(23,24)25)17-10-13(27)4-7-19(17,2)15(14)5-8-20(16,21)3/h2*10,14-16,18,28H,4-9,11H2,1-3H3/t2*14-,15+,16+,18+,19-,20+,21+/m11/s1. The molecule has 8 aliphatic carbocycles. The third-order valence-electron chi connectivity index (χ3n) is 18.3. The minimum absolute atomic E-state index is 0.0306. The van der Waals surface area contributed by atoms with E-state index in [9.17, 15) is 55.7 Å². The summed E-state index contributed by atoms with van der Waals surface area (Å²) in [6.07, 6.45) is -0.228. The topological polar surface area (TPSA) is 109 Å². The van der Waals surface area contributed by atoms with E-state index in [1.165, 1.54) is 26.0 Å². The van der Waals surface area contributed by atoms with Gasteiger partial charge in [0.2, 0.25) is 0 Å². The first kappa shape index (κ1) is 41.8. The van der Waals surface area contributed by atoms with E-state index < -0.39 is 57.1 Å². The van der Waals surface area contributed by atoms with E-state index in [0.29, 0.717) is 77.0 Å². The number of rotatable bonds is 2. The van der Waals surface area contributed by atoms with Crippen LogP contribution in [0.1, 0.15) is 131 Å². The number of ketones is 4. The first-order valence-electron chi connectivity index (χ1n) is 20.8. The molecule has 0 amide bonds. The van der Waals surface area contributed by atoms with Gasteiger partial charge >= 0.3 is 12.4 Å². The highest BCUT2D eigenvalue weighted by Gasteiger charge is 2.70. The maximum Gasteiger partial charge on any atom is 0.395 e. The normalized spacial score (nSPS) is 48.4. The molecule has 0 spiro atoms. The third kappa shape index (κ3) is 5.76. The average Bonchev–Trinajstić information content (AvgIpc) is 3.54. The van der Waals surface area contributed by atoms with E-state index in [-0.39, 0.29) is 82.6 Å². The van der Waals surface area contributed by atoms with Gasteiger partial charge in [0, 0.05) is 23.7 Å². The molecule has 2 N–H and O–H groups in total. The molecule has 6 nitrogen and oxygen atoms in total. The second-order valence-electron chi connectivity index (χ2n) is 20.2. The van der Waals surface area contributed by atoms with Gasteiger partial charge in [0.05, 0.1) is 11.8 Å². The summed E-state index contributed by atoms with van der Waals surface area (Å²) in [5.41, 5.74) is -4.91. The summed E-state index contributed by atoms with van der Waals surface area (Å²) in [6.45, 7) is 10.4. The van der Waals surface area contributed by atoms with Gasteiger partial charge in [-0.1, -0.05) is 27.7 Å². The second-order valence-corrected chi connectivity index (χ2v) is 20.2. The fraction of sp³-hybridized carbons (Fsp3) is 0.818. The van der Waals surface area contributed by atoms with Gasteiger partial charge in [-0.25, -0.2) is 0 Å². The van der Waals surface area contributed by atoms with Crippen LogP contribution in [0.2, 0.25) is 0 Å². The average molecular weight is 797 g/mol. The lowest BCUT2D eigenvalue weighted by molar-refractivity contribution is -0.200. The summed E-state index contributed by atoms with van der Waals surface area (Å²) in [6, 6.07) is 0. The molecule has 0 unspecified atom stereocenters. The molecule has 8 aliphatic rings. The van der Waals surface area contributed by atoms with Crippen molar-refractivity contribution in [3.63, 3.8) is 0 Å². The van der Waals surface area contributed by atoms with Gasteiger partial charge in [0.1, 0.15) is 11.2 Å². The summed E-state index contributed by atoms with van der Waals surface area (Å²) in [4.78, 5) is 48.5. The molecule has 0 aliphatic heterocycles. The third-order valence-corrected chi connectivity index (χ3v) is 18.3. The Labute approximate surface area is 325 Å². The Morgan fingerprint density at radius 2 is 0.893 bits per heavy atom. The number of Topliss-reactive ketones (excluding diaryl/α,β-unsaturated/α-hetero) is 2. The summed E-state index contributed by atoms with van der Waals surface area (Å²) in [5.74, 6) is -4.57. The van der Waals surface area contributed by atoms with Crippen LogP contribution in [0.5, 0.6) is 0 Å². The second kappa shape index (κ2) is 13.1. The van der Waals surface area contributed by atoms with Crippen molar-refractivity contribution < 1.29 is 55.7 Å². The minimum Gasteiger partial charge on any atom is -0.382 e. The van der Waals surface area contributed by atoms with Crippen LogP contribution in [0.4, 0.5) is 26.3 Å². The highest BCUT2D eigenvalue weighted by atomic mass is 19.4. The van der Waals surface area contributed by atoms with Crippen molar-refractivity contribution in [2.75, 3.05) is 0 Å². The Balaban J connectivity index is 0.000000172. The fourth-order valence-corrected chi connectivity index (χ4v) is 15.1. The lowest BCUT2D eigenvalue weighted by Crippen LogP contribution is -2.58. The van der Waals surface area contributed by atoms with Crippen molar-refractivity contribution in [1.29, 1.82) is 0 Å². The van der Waals surface area contributed by atoms with Gasteiger partial charge in [-0.15, -0.1) is 0 Å². The zero-order chi connectivity index (χ0) is 41.4. The van der Waals surface area contributed by atoms with Gasteiger partial charge in [0.15, 0.2) is 23.1 Å². The molecular weight excluding hydrogens is 738 g/mol. The van der Waals surface area contributed by atoms with Crippen molar-refractivity contribution >= 4 is 23.1 Å². The quantitative estimate of drug-likeness (QED) is 0.270. The largest absolute Gasteiger partial charge is 0.395 e. The Kier molecular flexibility index (Phi) is 9.76. The highest BCUT2D eigenvalue weighted by molar-refractivity contribution is 5.92. The molecule has 312 valence electrons. The molecular formula is C44H58F6O6. The molecule has 8 rings (SSSR count). The van der Waals surface area contributed by atoms with E-state index in [2.05, 4.69) is 0 Å². The molecule has 0 radical (unpaired) electrons. The number of carbonyl (C=O) groups excluding carboxylic acids is 4. The SMILES string of the molecule is CC(=O)[C@@]1(O)CC[C@H]2[C@@H]3C[C@H](C(F)(F)F)C4=CC(=O)CC[C@]4(C)[C@H]3CC[C@@]21C.CC(=O)[C@@]1(O)CC[C@H]2[C@@H]3C[C@H](C(F)(F)F)C4=CC(=O)CC[C@]4(C)[C@H]3CC[C@@]21C. The smallest absolute Gasteiger partial charge is 0.382 e. The van der Waals surface area contributed by atoms with E-state index in [0.717, 1.165) is 0 Å². The van der Waals surface area contributed by atoms with Crippen molar-refractivity contribution in [1.82, 2.24) is 0 Å². The van der Waals surface area contributed by atoms with Crippen LogP contribution in [-0.4, -0.2) is 56.9 Å². The molecule has 6 fully saturated rings. The van der Waals surface area contributed by atoms with Crippen molar-refractivity contribution in [2.24, 2.45) is 69.0 Å². The lowest BCUT2D eigenvalue weighted by atomic mass is 9.44. The number of carbonyl (C=O) groups is 4. The van der Waals surface area contributed by atoms with Gasteiger partial charge < -0.3 is 10.2 Å². The molecule has 0 bridgehead atoms. The first-order chi connectivity index (χ1) is 25.7. The van der Waals surface area contributed by atoms with Crippen LogP contribution >= 0.6 is 0 Å². The molecule has 56 heavy (non-hydrogen) atoms. The monoisotopic (exact) mass is 796 g/mol. The van der Waals surface area contributed by atoms with Crippen LogP contribution in [0.15, 0.2) is 23.3 Å². The number of allylic oxidation sites excluding steroid dienone is 2. The van der Waals surface area contributed by atoms with Gasteiger partial charge in [-0.05, 0) is 161 Å². The first-order valence-corrected chi connectivity index (χ1v) is 20.8. The predicted molar refractivity (Wildman–Crippen MR) is 195 cm³/mol. The zero-order valence-electron chi connectivity index (χ0n) is 33.5. The van der Waals surface area contributed by atoms with E-state index in [1.807, 2.05) is 27.7 Å². The molecule has 0 aromatic rings. The fourth-order valence-electron chi connectivity index (χ4n) is 15.1. The Morgan fingerprint density at radius 3 is 1.20 bits per heavy atom. The van der Waals surface area contributed by atoms with Crippen LogP contribution in [-0.2, 0) is 19.2 Å². The van der Waals surface area contributed by atoms with E-state index in [4.69, 9.17) is 0 Å². The van der Waals surface area contributed by atoms with E-state index >= 15 is 0 Å². The lowest BCUT2D eigenvalue weighted by Gasteiger charge is -2.60. The molecule has 0 aromatic carbocycles. The summed E-state index contributed by atoms with van der Waals surface area (Å²) in [5, 5.41) is 22.3. The van der Waals surface area contributed by atoms with Gasteiger partial charge in [-0.2, -0.15) is 26.3 Å². The van der Waals surface area contributed by atoms with Crippen molar-refractivity contribution in [3.8, 4) is 0 Å². The minimum atomic E-state index is -4.39. The number of halogens is 6. The summed E-state index contributed by atoms with van der Waals surface area (Å²) >= 11 is 0. The number of hydrogen-bond acceptors (Lipinski definition) is 6. The molecule has 0 aromatic heterocycles. The van der Waals surface area contributed by atoms with E-state index in [1.54, 1.807) is 0 Å². The Bertz CT molecular complexity index is 1640. The van der Waals surface area contributed by atoms with Crippen LogP contribution < -0.4 is 0 Å². The van der Waals surface area contributed by atoms with Gasteiger partial charge in [0.25, 0.3) is 0 Å². The van der Waals surface area contributed by atoms with Crippen molar-refractivity contribution in [3.05, 3.63) is 23.3 Å². The zero-order valence-corrected chi connectivity index (χ0v) is 33.5. The summed E-state index contributed by atoms with van der Waals surface area (Å²) < 4.78 is 84.2. The van der Waals surface area contributed by atoms with Crippen LogP contribution in [0, 0.1) is 69.0 Å². The molecule has 6 saturated carbocycles. The predicted octanol–water partition coefficient (Wildman–Crippen LogP) is 9.25. The van der Waals surface area contributed by atoms with Gasteiger partial charge in [-0.3, -0.25) is 19.2 Å². The molecule has 0 saturated heterocycles. The number of fused-ring (bicyclic) bond motifs is 10. The Morgan fingerprint density at radius 1 is 0.571 bits per heavy atom. The maximum absolute atomic E-state index is 14.0.